The molecule has 2 aliphatic rings. The summed E-state index contributed by atoms with van der Waals surface area (Å²) in [4.78, 5) is 16.3. The van der Waals surface area contributed by atoms with Crippen molar-refractivity contribution in [2.75, 3.05) is 18.0 Å². The summed E-state index contributed by atoms with van der Waals surface area (Å²) < 4.78 is 24.6. The number of piperazine rings is 1. The van der Waals surface area contributed by atoms with Crippen LogP contribution in [0.15, 0.2) is 42.9 Å². The Kier molecular flexibility index (Phi) is 4.45. The fourth-order valence-corrected chi connectivity index (χ4v) is 5.79. The van der Waals surface area contributed by atoms with Crippen molar-refractivity contribution in [3.63, 3.8) is 0 Å². The lowest BCUT2D eigenvalue weighted by Gasteiger charge is -2.44. The number of aromatic amines is 1. The highest BCUT2D eigenvalue weighted by atomic mass is 32.2. The van der Waals surface area contributed by atoms with Gasteiger partial charge in [0.15, 0.2) is 10.7 Å². The van der Waals surface area contributed by atoms with E-state index >= 15 is 0 Å². The summed E-state index contributed by atoms with van der Waals surface area (Å²) in [6, 6.07) is 11.2. The smallest absolute Gasteiger partial charge is 0.160 e. The lowest BCUT2D eigenvalue weighted by atomic mass is 10.1. The van der Waals surface area contributed by atoms with Crippen molar-refractivity contribution in [1.82, 2.24) is 19.9 Å². The van der Waals surface area contributed by atoms with E-state index < -0.39 is 16.1 Å². The Hall–Kier alpha value is -2.96. The molecular weight excluding hydrogens is 388 g/mol. The second-order valence-corrected chi connectivity index (χ2v) is 8.63. The van der Waals surface area contributed by atoms with E-state index in [4.69, 9.17) is 0 Å². The van der Waals surface area contributed by atoms with Gasteiger partial charge in [0.25, 0.3) is 0 Å². The van der Waals surface area contributed by atoms with Crippen LogP contribution in [-0.4, -0.2) is 53.4 Å². The Morgan fingerprint density at radius 3 is 2.69 bits per heavy atom. The predicted octanol–water partition coefficient (Wildman–Crippen LogP) is 1.79. The average molecular weight is 408 g/mol. The SMILES string of the molecule is N#Cc1cccc(C(N2C3CCC2CN(c2ncnc4[nH]ccc24)C3)[SH](=O)=O)c1. The van der Waals surface area contributed by atoms with Crippen molar-refractivity contribution in [2.45, 2.75) is 30.3 Å². The maximum atomic E-state index is 12.3. The van der Waals surface area contributed by atoms with E-state index in [1.165, 1.54) is 0 Å². The van der Waals surface area contributed by atoms with Gasteiger partial charge in [-0.3, -0.25) is 4.90 Å². The summed E-state index contributed by atoms with van der Waals surface area (Å²) in [5.41, 5.74) is 1.95. The van der Waals surface area contributed by atoms with E-state index in [9.17, 15) is 13.7 Å². The molecule has 3 unspecified atom stereocenters. The zero-order valence-electron chi connectivity index (χ0n) is 15.6. The van der Waals surface area contributed by atoms with Crippen LogP contribution in [0.1, 0.15) is 29.3 Å². The number of fused-ring (bicyclic) bond motifs is 3. The summed E-state index contributed by atoms with van der Waals surface area (Å²) in [7, 11) is -2.72. The van der Waals surface area contributed by atoms with Gasteiger partial charge >= 0.3 is 0 Å². The van der Waals surface area contributed by atoms with Crippen LogP contribution in [0.2, 0.25) is 0 Å². The van der Waals surface area contributed by atoms with Gasteiger partial charge in [-0.2, -0.15) is 5.26 Å². The van der Waals surface area contributed by atoms with E-state index in [1.807, 2.05) is 12.3 Å². The van der Waals surface area contributed by atoms with Crippen LogP contribution >= 0.6 is 0 Å². The van der Waals surface area contributed by atoms with Gasteiger partial charge in [0.2, 0.25) is 0 Å². The molecule has 1 aromatic carbocycles. The molecule has 2 aliphatic heterocycles. The van der Waals surface area contributed by atoms with Crippen LogP contribution in [0.3, 0.4) is 0 Å². The highest BCUT2D eigenvalue weighted by molar-refractivity contribution is 7.72. The number of H-pyrrole nitrogens is 1. The Labute approximate surface area is 169 Å². The lowest BCUT2D eigenvalue weighted by molar-refractivity contribution is 0.151. The van der Waals surface area contributed by atoms with Crippen LogP contribution in [0.25, 0.3) is 11.0 Å². The molecule has 2 fully saturated rings. The number of hydrogen-bond donors (Lipinski definition) is 2. The molecule has 1 N–H and O–H groups in total. The normalized spacial score (nSPS) is 22.8. The molecule has 4 heterocycles. The minimum atomic E-state index is -2.72. The van der Waals surface area contributed by atoms with Gasteiger partial charge in [-0.15, -0.1) is 0 Å². The van der Waals surface area contributed by atoms with E-state index in [0.29, 0.717) is 24.2 Å². The quantitative estimate of drug-likeness (QED) is 0.634. The molecule has 0 amide bonds. The second kappa shape index (κ2) is 7.13. The molecule has 5 rings (SSSR count). The molecule has 9 heteroatoms. The Morgan fingerprint density at radius 2 is 1.97 bits per heavy atom. The van der Waals surface area contributed by atoms with Crippen molar-refractivity contribution in [2.24, 2.45) is 0 Å². The van der Waals surface area contributed by atoms with Crippen LogP contribution in [0, 0.1) is 11.3 Å². The Balaban J connectivity index is 1.48. The number of nitrogens with one attached hydrogen (secondary N) is 1. The van der Waals surface area contributed by atoms with Gasteiger partial charge in [-0.1, -0.05) is 12.1 Å². The number of anilines is 1. The summed E-state index contributed by atoms with van der Waals surface area (Å²) in [5, 5.41) is 9.47. The summed E-state index contributed by atoms with van der Waals surface area (Å²) in [6.07, 6.45) is 5.31. The Morgan fingerprint density at radius 1 is 1.17 bits per heavy atom. The summed E-state index contributed by atoms with van der Waals surface area (Å²) in [6.45, 7) is 1.43. The number of rotatable bonds is 4. The first kappa shape index (κ1) is 18.1. The monoisotopic (exact) mass is 408 g/mol. The molecule has 0 spiro atoms. The first-order valence-electron chi connectivity index (χ1n) is 9.59. The van der Waals surface area contributed by atoms with Gasteiger partial charge in [-0.05, 0) is 36.6 Å². The fourth-order valence-electron chi connectivity index (χ4n) is 4.79. The average Bonchev–Trinajstić information content (AvgIpc) is 3.30. The van der Waals surface area contributed by atoms with Crippen LogP contribution in [0.4, 0.5) is 5.82 Å². The molecule has 8 nitrogen and oxygen atoms in total. The third kappa shape index (κ3) is 3.05. The van der Waals surface area contributed by atoms with E-state index in [0.717, 1.165) is 29.7 Å². The molecule has 29 heavy (non-hydrogen) atoms. The van der Waals surface area contributed by atoms with Crippen LogP contribution in [0.5, 0.6) is 0 Å². The molecule has 2 aromatic heterocycles. The number of hydrogen-bond acceptors (Lipinski definition) is 7. The molecule has 2 saturated heterocycles. The third-order valence-electron chi connectivity index (χ3n) is 5.97. The summed E-state index contributed by atoms with van der Waals surface area (Å²) in [5.74, 6) is 0.891. The van der Waals surface area contributed by atoms with Gasteiger partial charge in [0, 0.05) is 31.4 Å². The molecule has 148 valence electrons. The Bertz CT molecular complexity index is 1160. The fraction of sp³-hybridized carbons (Fsp3) is 0.350. The zero-order chi connectivity index (χ0) is 20.0. The molecule has 0 radical (unpaired) electrons. The van der Waals surface area contributed by atoms with Crippen molar-refractivity contribution in [1.29, 1.82) is 5.26 Å². The van der Waals surface area contributed by atoms with Gasteiger partial charge in [0.05, 0.1) is 17.0 Å². The topological polar surface area (TPSA) is 106 Å². The number of benzene rings is 1. The van der Waals surface area contributed by atoms with Gasteiger partial charge < -0.3 is 9.88 Å². The zero-order valence-corrected chi connectivity index (χ0v) is 16.5. The second-order valence-electron chi connectivity index (χ2n) is 7.57. The minimum Gasteiger partial charge on any atom is -0.353 e. The van der Waals surface area contributed by atoms with Gasteiger partial charge in [-0.25, -0.2) is 18.4 Å². The predicted molar refractivity (Wildman–Crippen MR) is 109 cm³/mol. The highest BCUT2D eigenvalue weighted by Crippen LogP contribution is 2.40. The van der Waals surface area contributed by atoms with E-state index in [-0.39, 0.29) is 12.1 Å². The molecular formula is C20H20N6O2S. The number of nitrogens with zero attached hydrogens (tertiary/aromatic N) is 5. The van der Waals surface area contributed by atoms with E-state index in [1.54, 1.807) is 30.6 Å². The number of aromatic nitrogens is 3. The molecule has 2 bridgehead atoms. The molecule has 0 aliphatic carbocycles. The largest absolute Gasteiger partial charge is 0.353 e. The standard InChI is InChI=1S/C20H20N6O2S/c21-9-13-2-1-3-14(8-13)20(29(27)28)26-15-4-5-16(26)11-25(10-15)19-17-6-7-22-18(17)23-12-24-19/h1-3,6-8,12,15-16,20,29H,4-5,10-11H2,(H,22,23,24). The minimum absolute atomic E-state index is 0.112. The maximum Gasteiger partial charge on any atom is 0.160 e. The molecule has 3 aromatic rings. The van der Waals surface area contributed by atoms with Crippen molar-refractivity contribution >= 4 is 27.6 Å². The highest BCUT2D eigenvalue weighted by Gasteiger charge is 2.45. The maximum absolute atomic E-state index is 12.3. The summed E-state index contributed by atoms with van der Waals surface area (Å²) >= 11 is 0. The number of thiol groups is 1. The molecule has 0 saturated carbocycles. The first-order chi connectivity index (χ1) is 14.2. The van der Waals surface area contributed by atoms with Gasteiger partial charge in [0.1, 0.15) is 23.2 Å². The molecule has 3 atom stereocenters. The van der Waals surface area contributed by atoms with Crippen molar-refractivity contribution in [3.05, 3.63) is 54.0 Å². The van der Waals surface area contributed by atoms with Crippen LogP contribution < -0.4 is 4.90 Å². The van der Waals surface area contributed by atoms with Crippen molar-refractivity contribution in [3.8, 4) is 6.07 Å². The lowest BCUT2D eigenvalue weighted by Crippen LogP contribution is -2.55. The van der Waals surface area contributed by atoms with Crippen molar-refractivity contribution < 1.29 is 8.42 Å². The van der Waals surface area contributed by atoms with Crippen LogP contribution in [-0.2, 0) is 10.7 Å². The number of nitriles is 1. The third-order valence-corrected chi connectivity index (χ3v) is 6.93. The van der Waals surface area contributed by atoms with E-state index in [2.05, 4.69) is 30.8 Å². The first-order valence-corrected chi connectivity index (χ1v) is 10.8.